The lowest BCUT2D eigenvalue weighted by Crippen LogP contribution is -2.36. The van der Waals surface area contributed by atoms with Gasteiger partial charge in [0, 0.05) is 24.7 Å². The summed E-state index contributed by atoms with van der Waals surface area (Å²) in [5.41, 5.74) is 1.85. The minimum Gasteiger partial charge on any atom is -0.383 e. The van der Waals surface area contributed by atoms with Crippen LogP contribution in [0.3, 0.4) is 0 Å². The van der Waals surface area contributed by atoms with Crippen LogP contribution >= 0.6 is 15.9 Å². The molecule has 0 aromatic heterocycles. The van der Waals surface area contributed by atoms with Gasteiger partial charge in [-0.1, -0.05) is 19.9 Å². The zero-order chi connectivity index (χ0) is 14.4. The summed E-state index contributed by atoms with van der Waals surface area (Å²) in [4.78, 5) is 14.4. The Morgan fingerprint density at radius 2 is 2.11 bits per heavy atom. The highest BCUT2D eigenvalue weighted by Crippen LogP contribution is 2.20. The number of rotatable bonds is 6. The van der Waals surface area contributed by atoms with Crippen LogP contribution in [0.5, 0.6) is 0 Å². The van der Waals surface area contributed by atoms with E-state index in [1.54, 1.807) is 7.11 Å². The number of amides is 1. The average molecular weight is 328 g/mol. The van der Waals surface area contributed by atoms with Crippen molar-refractivity contribution in [2.24, 2.45) is 5.92 Å². The van der Waals surface area contributed by atoms with Gasteiger partial charge in [0.15, 0.2) is 0 Å². The molecule has 1 aromatic rings. The van der Waals surface area contributed by atoms with Gasteiger partial charge in [0.05, 0.1) is 12.2 Å². The Balaban J connectivity index is 2.90. The first-order valence-corrected chi connectivity index (χ1v) is 7.29. The molecule has 0 spiro atoms. The van der Waals surface area contributed by atoms with Crippen molar-refractivity contribution in [2.75, 3.05) is 26.8 Å². The third-order valence-electron chi connectivity index (χ3n) is 2.79. The number of methoxy groups -OCH3 is 1. The second-order valence-corrected chi connectivity index (χ2v) is 5.98. The SMILES string of the molecule is COCCN(CC(C)C)C(=O)c1ccc(C)cc1Br. The highest BCUT2D eigenvalue weighted by molar-refractivity contribution is 9.10. The smallest absolute Gasteiger partial charge is 0.255 e. The van der Waals surface area contributed by atoms with E-state index in [1.807, 2.05) is 30.0 Å². The molecule has 0 saturated heterocycles. The van der Waals surface area contributed by atoms with Gasteiger partial charge in [-0.2, -0.15) is 0 Å². The van der Waals surface area contributed by atoms with Crippen molar-refractivity contribution < 1.29 is 9.53 Å². The highest BCUT2D eigenvalue weighted by Gasteiger charge is 2.18. The first kappa shape index (κ1) is 16.2. The Kier molecular flexibility index (Phi) is 6.52. The van der Waals surface area contributed by atoms with Crippen molar-refractivity contribution in [1.29, 1.82) is 0 Å². The van der Waals surface area contributed by atoms with Gasteiger partial charge in [-0.3, -0.25) is 4.79 Å². The van der Waals surface area contributed by atoms with Crippen molar-refractivity contribution in [3.63, 3.8) is 0 Å². The van der Waals surface area contributed by atoms with Gasteiger partial charge in [0.2, 0.25) is 0 Å². The zero-order valence-electron chi connectivity index (χ0n) is 12.1. The van der Waals surface area contributed by atoms with Gasteiger partial charge in [0.1, 0.15) is 0 Å². The predicted octanol–water partition coefficient (Wildman–Crippen LogP) is 3.50. The highest BCUT2D eigenvalue weighted by atomic mass is 79.9. The third-order valence-corrected chi connectivity index (χ3v) is 3.45. The Bertz CT molecular complexity index is 432. The van der Waals surface area contributed by atoms with E-state index in [2.05, 4.69) is 29.8 Å². The van der Waals surface area contributed by atoms with Crippen LogP contribution in [0.4, 0.5) is 0 Å². The van der Waals surface area contributed by atoms with Crippen LogP contribution in [0.25, 0.3) is 0 Å². The van der Waals surface area contributed by atoms with Crippen LogP contribution in [-0.4, -0.2) is 37.6 Å². The van der Waals surface area contributed by atoms with Gasteiger partial charge < -0.3 is 9.64 Å². The number of benzene rings is 1. The molecule has 0 atom stereocenters. The summed E-state index contributed by atoms with van der Waals surface area (Å²) in [5.74, 6) is 0.489. The van der Waals surface area contributed by atoms with E-state index in [0.29, 0.717) is 24.6 Å². The fraction of sp³-hybridized carbons (Fsp3) is 0.533. The Labute approximate surface area is 124 Å². The van der Waals surface area contributed by atoms with E-state index in [-0.39, 0.29) is 5.91 Å². The van der Waals surface area contributed by atoms with Gasteiger partial charge in [-0.15, -0.1) is 0 Å². The number of carbonyl (C=O) groups is 1. The van der Waals surface area contributed by atoms with E-state index < -0.39 is 0 Å². The molecule has 0 heterocycles. The monoisotopic (exact) mass is 327 g/mol. The molecule has 106 valence electrons. The van der Waals surface area contributed by atoms with Crippen molar-refractivity contribution in [1.82, 2.24) is 4.90 Å². The maximum atomic E-state index is 12.6. The summed E-state index contributed by atoms with van der Waals surface area (Å²) in [5, 5.41) is 0. The quantitative estimate of drug-likeness (QED) is 0.800. The van der Waals surface area contributed by atoms with Crippen LogP contribution in [-0.2, 0) is 4.74 Å². The molecule has 1 rings (SSSR count). The second kappa shape index (κ2) is 7.65. The summed E-state index contributed by atoms with van der Waals surface area (Å²) in [6.07, 6.45) is 0. The van der Waals surface area contributed by atoms with Crippen LogP contribution in [0.1, 0.15) is 29.8 Å². The summed E-state index contributed by atoms with van der Waals surface area (Å²) in [7, 11) is 1.65. The molecule has 0 radical (unpaired) electrons. The summed E-state index contributed by atoms with van der Waals surface area (Å²) >= 11 is 3.47. The van der Waals surface area contributed by atoms with Crippen molar-refractivity contribution in [3.8, 4) is 0 Å². The van der Waals surface area contributed by atoms with E-state index >= 15 is 0 Å². The van der Waals surface area contributed by atoms with Crippen LogP contribution < -0.4 is 0 Å². The number of nitrogens with zero attached hydrogens (tertiary/aromatic N) is 1. The Hall–Kier alpha value is -0.870. The molecular weight excluding hydrogens is 306 g/mol. The van der Waals surface area contributed by atoms with Crippen LogP contribution in [0.2, 0.25) is 0 Å². The standard InChI is InChI=1S/C15H22BrNO2/c1-11(2)10-17(7-8-19-4)15(18)13-6-5-12(3)9-14(13)16/h5-6,9,11H,7-8,10H2,1-4H3. The lowest BCUT2D eigenvalue weighted by Gasteiger charge is -2.25. The first-order valence-electron chi connectivity index (χ1n) is 6.50. The number of halogens is 1. The molecule has 0 fully saturated rings. The fourth-order valence-corrected chi connectivity index (χ4v) is 2.54. The van der Waals surface area contributed by atoms with Crippen molar-refractivity contribution in [2.45, 2.75) is 20.8 Å². The number of hydrogen-bond donors (Lipinski definition) is 0. The molecule has 1 aromatic carbocycles. The van der Waals surface area contributed by atoms with Crippen molar-refractivity contribution in [3.05, 3.63) is 33.8 Å². The molecule has 0 saturated carbocycles. The Morgan fingerprint density at radius 3 is 2.63 bits per heavy atom. The number of aryl methyl sites for hydroxylation is 1. The molecule has 3 nitrogen and oxygen atoms in total. The molecule has 0 aliphatic rings. The van der Waals surface area contributed by atoms with Gasteiger partial charge in [0.25, 0.3) is 5.91 Å². The molecule has 1 amide bonds. The minimum absolute atomic E-state index is 0.0534. The lowest BCUT2D eigenvalue weighted by atomic mass is 10.1. The largest absolute Gasteiger partial charge is 0.383 e. The normalized spacial score (nSPS) is 10.8. The minimum atomic E-state index is 0.0534. The Morgan fingerprint density at radius 1 is 1.42 bits per heavy atom. The van der Waals surface area contributed by atoms with Crippen molar-refractivity contribution >= 4 is 21.8 Å². The molecule has 0 unspecified atom stereocenters. The molecule has 0 aliphatic carbocycles. The maximum absolute atomic E-state index is 12.6. The van der Waals surface area contributed by atoms with E-state index in [1.165, 1.54) is 0 Å². The molecule has 0 bridgehead atoms. The average Bonchev–Trinajstić information content (AvgIpc) is 2.33. The summed E-state index contributed by atoms with van der Waals surface area (Å²) in [6.45, 7) is 8.14. The maximum Gasteiger partial charge on any atom is 0.255 e. The third kappa shape index (κ3) is 4.96. The summed E-state index contributed by atoms with van der Waals surface area (Å²) in [6, 6.07) is 5.81. The summed E-state index contributed by atoms with van der Waals surface area (Å²) < 4.78 is 5.93. The van der Waals surface area contributed by atoms with E-state index in [4.69, 9.17) is 4.74 Å². The van der Waals surface area contributed by atoms with Crippen LogP contribution in [0, 0.1) is 12.8 Å². The molecule has 4 heteroatoms. The van der Waals surface area contributed by atoms with Crippen LogP contribution in [0.15, 0.2) is 22.7 Å². The number of carbonyl (C=O) groups excluding carboxylic acids is 1. The molecule has 0 N–H and O–H groups in total. The molecule has 19 heavy (non-hydrogen) atoms. The van der Waals surface area contributed by atoms with E-state index in [0.717, 1.165) is 16.6 Å². The van der Waals surface area contributed by atoms with Gasteiger partial charge >= 0.3 is 0 Å². The number of hydrogen-bond acceptors (Lipinski definition) is 2. The first-order chi connectivity index (χ1) is 8.95. The lowest BCUT2D eigenvalue weighted by molar-refractivity contribution is 0.0671. The van der Waals surface area contributed by atoms with Gasteiger partial charge in [-0.25, -0.2) is 0 Å². The molecular formula is C15H22BrNO2. The predicted molar refractivity (Wildman–Crippen MR) is 81.5 cm³/mol. The number of ether oxygens (including phenoxy) is 1. The second-order valence-electron chi connectivity index (χ2n) is 5.12. The molecule has 0 aliphatic heterocycles. The van der Waals surface area contributed by atoms with E-state index in [9.17, 15) is 4.79 Å². The topological polar surface area (TPSA) is 29.5 Å². The van der Waals surface area contributed by atoms with Gasteiger partial charge in [-0.05, 0) is 46.5 Å². The zero-order valence-corrected chi connectivity index (χ0v) is 13.7. The fourth-order valence-electron chi connectivity index (χ4n) is 1.88.